The highest BCUT2D eigenvalue weighted by Gasteiger charge is 2.36. The number of nitrogens with zero attached hydrogens (tertiary/aromatic N) is 2. The van der Waals surface area contributed by atoms with E-state index in [2.05, 4.69) is 4.98 Å². The van der Waals surface area contributed by atoms with Crippen LogP contribution < -0.4 is 4.90 Å². The molecule has 2 aromatic carbocycles. The normalized spacial score (nSPS) is 13.4. The molecule has 5 rings (SSSR count). The van der Waals surface area contributed by atoms with Gasteiger partial charge < -0.3 is 4.42 Å². The Labute approximate surface area is 166 Å². The molecular weight excluding hydrogens is 396 g/mol. The first-order valence-electron chi connectivity index (χ1n) is 8.25. The van der Waals surface area contributed by atoms with Crippen molar-refractivity contribution < 1.29 is 18.8 Å². The zero-order valence-corrected chi connectivity index (χ0v) is 15.8. The Balaban J connectivity index is 1.48. The number of hydrogen-bond donors (Lipinski definition) is 0. The van der Waals surface area contributed by atoms with Crippen LogP contribution in [0.15, 0.2) is 68.4 Å². The fourth-order valence-corrected chi connectivity index (χ4v) is 5.04. The van der Waals surface area contributed by atoms with Gasteiger partial charge in [0.2, 0.25) is 0 Å². The van der Waals surface area contributed by atoms with Crippen LogP contribution in [-0.2, 0) is 0 Å². The van der Waals surface area contributed by atoms with Crippen LogP contribution in [0, 0.1) is 0 Å². The third-order valence-electron chi connectivity index (χ3n) is 4.31. The Morgan fingerprint density at radius 3 is 2.43 bits per heavy atom. The molecule has 0 atom stereocenters. The highest BCUT2D eigenvalue weighted by molar-refractivity contribution is 8.01. The maximum atomic E-state index is 12.7. The predicted octanol–water partition coefficient (Wildman–Crippen LogP) is 4.65. The second-order valence-corrected chi connectivity index (χ2v) is 8.28. The number of aldehydes is 1. The van der Waals surface area contributed by atoms with E-state index in [1.807, 2.05) is 0 Å². The summed E-state index contributed by atoms with van der Waals surface area (Å²) in [6.07, 6.45) is 0.650. The van der Waals surface area contributed by atoms with E-state index in [-0.39, 0.29) is 17.6 Å². The fraction of sp³-hybridized carbons (Fsp3) is 0. The average Bonchev–Trinajstić information content (AvgIpc) is 3.39. The van der Waals surface area contributed by atoms with Gasteiger partial charge in [-0.25, -0.2) is 9.88 Å². The SMILES string of the molecule is O=Cc1ccc(Sc2nc3ccc(N4C(=O)c5ccccc5C4=O)cc3s2)o1. The minimum atomic E-state index is -0.323. The van der Waals surface area contributed by atoms with Crippen molar-refractivity contribution >= 4 is 57.1 Å². The lowest BCUT2D eigenvalue weighted by Gasteiger charge is -2.13. The number of carbonyl (C=O) groups excluding carboxylic acids is 3. The van der Waals surface area contributed by atoms with Gasteiger partial charge in [0, 0.05) is 0 Å². The number of rotatable bonds is 4. The molecule has 28 heavy (non-hydrogen) atoms. The molecule has 2 aromatic heterocycles. The van der Waals surface area contributed by atoms with Crippen molar-refractivity contribution in [2.24, 2.45) is 0 Å². The predicted molar refractivity (Wildman–Crippen MR) is 105 cm³/mol. The molecule has 0 saturated heterocycles. The van der Waals surface area contributed by atoms with Crippen molar-refractivity contribution in [3.8, 4) is 0 Å². The Bertz CT molecular complexity index is 1240. The van der Waals surface area contributed by atoms with Gasteiger partial charge in [0.05, 0.1) is 27.0 Å². The Kier molecular flexibility index (Phi) is 3.88. The third kappa shape index (κ3) is 2.65. The molecule has 2 amide bonds. The summed E-state index contributed by atoms with van der Waals surface area (Å²) in [5, 5.41) is 0.571. The van der Waals surface area contributed by atoms with Gasteiger partial charge in [0.1, 0.15) is 0 Å². The highest BCUT2D eigenvalue weighted by Crippen LogP contribution is 2.37. The van der Waals surface area contributed by atoms with Crippen molar-refractivity contribution in [2.75, 3.05) is 4.90 Å². The van der Waals surface area contributed by atoms with E-state index < -0.39 is 0 Å². The molecule has 0 spiro atoms. The number of fused-ring (bicyclic) bond motifs is 2. The minimum Gasteiger partial charge on any atom is -0.447 e. The Morgan fingerprint density at radius 2 is 1.75 bits per heavy atom. The van der Waals surface area contributed by atoms with Crippen molar-refractivity contribution in [1.82, 2.24) is 4.98 Å². The molecule has 1 aliphatic rings. The molecule has 8 heteroatoms. The molecule has 0 radical (unpaired) electrons. The summed E-state index contributed by atoms with van der Waals surface area (Å²) in [6.45, 7) is 0. The molecular formula is C20H10N2O4S2. The molecule has 0 aliphatic carbocycles. The maximum Gasteiger partial charge on any atom is 0.266 e. The lowest BCUT2D eigenvalue weighted by atomic mass is 10.1. The minimum absolute atomic E-state index is 0.261. The van der Waals surface area contributed by atoms with Crippen LogP contribution in [0.2, 0.25) is 0 Å². The highest BCUT2D eigenvalue weighted by atomic mass is 32.2. The average molecular weight is 406 g/mol. The smallest absolute Gasteiger partial charge is 0.266 e. The quantitative estimate of drug-likeness (QED) is 0.362. The van der Waals surface area contributed by atoms with Gasteiger partial charge in [-0.05, 0) is 54.2 Å². The molecule has 0 unspecified atom stereocenters. The first-order valence-corrected chi connectivity index (χ1v) is 9.88. The van der Waals surface area contributed by atoms with Gasteiger partial charge in [0.15, 0.2) is 21.5 Å². The number of thiazole rings is 1. The zero-order chi connectivity index (χ0) is 19.3. The monoisotopic (exact) mass is 406 g/mol. The summed E-state index contributed by atoms with van der Waals surface area (Å²) in [4.78, 5) is 41.8. The van der Waals surface area contributed by atoms with Crippen molar-refractivity contribution in [3.63, 3.8) is 0 Å². The molecule has 0 bridgehead atoms. The molecule has 0 saturated carbocycles. The van der Waals surface area contributed by atoms with E-state index in [0.717, 1.165) is 14.6 Å². The molecule has 0 fully saturated rings. The summed E-state index contributed by atoms with van der Waals surface area (Å²) in [5.74, 6) is -0.386. The zero-order valence-electron chi connectivity index (χ0n) is 14.1. The number of imide groups is 1. The van der Waals surface area contributed by atoms with E-state index in [1.54, 1.807) is 54.6 Å². The van der Waals surface area contributed by atoms with Gasteiger partial charge in [0.25, 0.3) is 11.8 Å². The third-order valence-corrected chi connectivity index (χ3v) is 6.31. The first-order chi connectivity index (χ1) is 13.6. The van der Waals surface area contributed by atoms with Crippen LogP contribution in [-0.4, -0.2) is 23.1 Å². The Hall–Kier alpha value is -3.23. The van der Waals surface area contributed by atoms with Crippen LogP contribution in [0.1, 0.15) is 31.3 Å². The van der Waals surface area contributed by atoms with Crippen molar-refractivity contribution in [1.29, 1.82) is 0 Å². The van der Waals surface area contributed by atoms with Crippen molar-refractivity contribution in [3.05, 3.63) is 71.5 Å². The van der Waals surface area contributed by atoms with Crippen LogP contribution >= 0.6 is 23.1 Å². The fourth-order valence-electron chi connectivity index (χ4n) is 3.04. The van der Waals surface area contributed by atoms with Gasteiger partial charge in [-0.2, -0.15) is 0 Å². The summed E-state index contributed by atoms with van der Waals surface area (Å²) < 4.78 is 6.95. The summed E-state index contributed by atoms with van der Waals surface area (Å²) in [6, 6.07) is 15.4. The number of anilines is 1. The molecule has 6 nitrogen and oxygen atoms in total. The largest absolute Gasteiger partial charge is 0.447 e. The van der Waals surface area contributed by atoms with E-state index in [9.17, 15) is 14.4 Å². The number of carbonyl (C=O) groups is 3. The number of furan rings is 1. The Morgan fingerprint density at radius 1 is 1.00 bits per heavy atom. The molecule has 3 heterocycles. The number of benzene rings is 2. The number of amides is 2. The van der Waals surface area contributed by atoms with E-state index in [4.69, 9.17) is 4.42 Å². The number of hydrogen-bond acceptors (Lipinski definition) is 7. The molecule has 4 aromatic rings. The number of aromatic nitrogens is 1. The summed E-state index contributed by atoms with van der Waals surface area (Å²) in [7, 11) is 0. The topological polar surface area (TPSA) is 80.5 Å². The second-order valence-electron chi connectivity index (χ2n) is 6.00. The van der Waals surface area contributed by atoms with E-state index >= 15 is 0 Å². The van der Waals surface area contributed by atoms with Crippen LogP contribution in [0.3, 0.4) is 0 Å². The molecule has 1 aliphatic heterocycles. The van der Waals surface area contributed by atoms with Gasteiger partial charge in [-0.1, -0.05) is 12.1 Å². The molecule has 136 valence electrons. The standard InChI is InChI=1S/C20H10N2O4S2/c23-10-12-6-8-17(26-12)28-20-21-15-7-5-11(9-16(15)27-20)22-18(24)13-3-1-2-4-14(13)19(22)25/h1-10H. The summed E-state index contributed by atoms with van der Waals surface area (Å²) >= 11 is 2.74. The van der Waals surface area contributed by atoms with Gasteiger partial charge >= 0.3 is 0 Å². The maximum absolute atomic E-state index is 12.7. The first kappa shape index (κ1) is 16.9. The van der Waals surface area contributed by atoms with Crippen molar-refractivity contribution in [2.45, 2.75) is 9.43 Å². The van der Waals surface area contributed by atoms with E-state index in [0.29, 0.717) is 28.2 Å². The van der Waals surface area contributed by atoms with Gasteiger partial charge in [-0.3, -0.25) is 14.4 Å². The van der Waals surface area contributed by atoms with Gasteiger partial charge in [-0.15, -0.1) is 11.3 Å². The van der Waals surface area contributed by atoms with Crippen LogP contribution in [0.25, 0.3) is 10.2 Å². The lowest BCUT2D eigenvalue weighted by Crippen LogP contribution is -2.29. The molecule has 0 N–H and O–H groups in total. The van der Waals surface area contributed by atoms with E-state index in [1.165, 1.54) is 28.0 Å². The second kappa shape index (κ2) is 6.43. The summed E-state index contributed by atoms with van der Waals surface area (Å²) in [5.41, 5.74) is 2.10. The van der Waals surface area contributed by atoms with Crippen LogP contribution in [0.5, 0.6) is 0 Å². The van der Waals surface area contributed by atoms with Crippen LogP contribution in [0.4, 0.5) is 5.69 Å². The lowest BCUT2D eigenvalue weighted by molar-refractivity contribution is 0.0925.